The van der Waals surface area contributed by atoms with Crippen molar-refractivity contribution in [1.29, 1.82) is 0 Å². The Labute approximate surface area is 208 Å². The van der Waals surface area contributed by atoms with Crippen LogP contribution in [-0.2, 0) is 6.42 Å². The molecule has 2 aliphatic rings. The van der Waals surface area contributed by atoms with E-state index in [1.807, 2.05) is 0 Å². The lowest BCUT2D eigenvalue weighted by molar-refractivity contribution is 0.139. The van der Waals surface area contributed by atoms with Crippen molar-refractivity contribution in [3.05, 3.63) is 64.0 Å². The SMILES string of the molecule is CNC(O)c1ncc(N2CCC(N3CCCC3CCc3nc4ccc(F)cc4c(=O)[nH]3)CC2)cc1F. The minimum Gasteiger partial charge on any atom is -0.373 e. The highest BCUT2D eigenvalue weighted by molar-refractivity contribution is 5.77. The number of halogens is 2. The maximum Gasteiger partial charge on any atom is 0.258 e. The van der Waals surface area contributed by atoms with Gasteiger partial charge in [0.1, 0.15) is 17.3 Å². The molecule has 2 saturated heterocycles. The maximum absolute atomic E-state index is 14.4. The first-order valence-electron chi connectivity index (χ1n) is 12.6. The van der Waals surface area contributed by atoms with E-state index in [0.29, 0.717) is 29.8 Å². The number of aliphatic hydroxyl groups is 1. The van der Waals surface area contributed by atoms with E-state index in [2.05, 4.69) is 30.1 Å². The molecule has 4 heterocycles. The number of rotatable bonds is 7. The lowest BCUT2D eigenvalue weighted by atomic mass is 10.00. The molecule has 192 valence electrons. The lowest BCUT2D eigenvalue weighted by Crippen LogP contribution is -2.47. The standard InChI is InChI=1S/C26H32F2N6O2/c1-29-26(36)24-21(28)14-19(15-30-24)33-11-8-18(9-12-33)34-10-2-3-17(34)5-7-23-31-22-6-4-16(27)13-20(22)25(35)32-23/h4,6,13-15,17-18,26,29,36H,2-3,5,7-12H2,1H3,(H,31,32,35). The van der Waals surface area contributed by atoms with Gasteiger partial charge in [0, 0.05) is 37.7 Å². The van der Waals surface area contributed by atoms with E-state index in [0.717, 1.165) is 57.4 Å². The van der Waals surface area contributed by atoms with Crippen LogP contribution in [0.2, 0.25) is 0 Å². The molecule has 2 aliphatic heterocycles. The molecule has 36 heavy (non-hydrogen) atoms. The van der Waals surface area contributed by atoms with Gasteiger partial charge in [-0.1, -0.05) is 0 Å². The number of piperidine rings is 1. The summed E-state index contributed by atoms with van der Waals surface area (Å²) < 4.78 is 27.9. The van der Waals surface area contributed by atoms with E-state index < -0.39 is 17.9 Å². The van der Waals surface area contributed by atoms with Gasteiger partial charge >= 0.3 is 0 Å². The van der Waals surface area contributed by atoms with Crippen molar-refractivity contribution in [1.82, 2.24) is 25.2 Å². The van der Waals surface area contributed by atoms with Gasteiger partial charge in [0.25, 0.3) is 5.56 Å². The van der Waals surface area contributed by atoms with Crippen molar-refractivity contribution in [2.45, 2.75) is 56.8 Å². The smallest absolute Gasteiger partial charge is 0.258 e. The van der Waals surface area contributed by atoms with E-state index in [1.54, 1.807) is 19.3 Å². The number of hydrogen-bond donors (Lipinski definition) is 3. The van der Waals surface area contributed by atoms with Crippen molar-refractivity contribution in [3.8, 4) is 0 Å². The Bertz CT molecular complexity index is 1280. The van der Waals surface area contributed by atoms with Crippen molar-refractivity contribution in [3.63, 3.8) is 0 Å². The molecule has 5 rings (SSSR count). The van der Waals surface area contributed by atoms with Gasteiger partial charge in [0.2, 0.25) is 0 Å². The van der Waals surface area contributed by atoms with Crippen LogP contribution >= 0.6 is 0 Å². The van der Waals surface area contributed by atoms with Crippen molar-refractivity contribution in [2.24, 2.45) is 0 Å². The van der Waals surface area contributed by atoms with Crippen LogP contribution in [-0.4, -0.2) is 63.7 Å². The van der Waals surface area contributed by atoms with Crippen molar-refractivity contribution < 1.29 is 13.9 Å². The molecule has 2 fully saturated rings. The van der Waals surface area contributed by atoms with Gasteiger partial charge in [0.05, 0.1) is 22.8 Å². The third kappa shape index (κ3) is 5.11. The molecule has 8 nitrogen and oxygen atoms in total. The summed E-state index contributed by atoms with van der Waals surface area (Å²) in [7, 11) is 1.55. The Morgan fingerprint density at radius 3 is 2.75 bits per heavy atom. The minimum atomic E-state index is -1.12. The van der Waals surface area contributed by atoms with E-state index >= 15 is 0 Å². The van der Waals surface area contributed by atoms with Gasteiger partial charge in [-0.2, -0.15) is 0 Å². The second-order valence-corrected chi connectivity index (χ2v) is 9.72. The van der Waals surface area contributed by atoms with Crippen LogP contribution in [0.15, 0.2) is 35.3 Å². The molecule has 3 N–H and O–H groups in total. The number of aryl methyl sites for hydroxylation is 1. The van der Waals surface area contributed by atoms with E-state index in [-0.39, 0.29) is 16.6 Å². The second kappa shape index (κ2) is 10.6. The molecule has 2 unspecified atom stereocenters. The summed E-state index contributed by atoms with van der Waals surface area (Å²) in [6, 6.07) is 6.44. The number of aromatic nitrogens is 3. The predicted octanol–water partition coefficient (Wildman–Crippen LogP) is 2.87. The van der Waals surface area contributed by atoms with Crippen LogP contribution in [0.5, 0.6) is 0 Å². The second-order valence-electron chi connectivity index (χ2n) is 9.72. The molecular weight excluding hydrogens is 466 g/mol. The molecular formula is C26H32F2N6O2. The molecule has 0 radical (unpaired) electrons. The number of H-pyrrole nitrogens is 1. The average Bonchev–Trinajstić information content (AvgIpc) is 3.36. The van der Waals surface area contributed by atoms with Crippen LogP contribution in [0, 0.1) is 11.6 Å². The first-order valence-corrected chi connectivity index (χ1v) is 12.6. The monoisotopic (exact) mass is 498 g/mol. The van der Waals surface area contributed by atoms with Crippen LogP contribution in [0.1, 0.15) is 49.9 Å². The van der Waals surface area contributed by atoms with Gasteiger partial charge in [0.15, 0.2) is 12.0 Å². The highest BCUT2D eigenvalue weighted by atomic mass is 19.1. The Balaban J connectivity index is 1.19. The third-order valence-corrected chi connectivity index (χ3v) is 7.54. The average molecular weight is 499 g/mol. The van der Waals surface area contributed by atoms with Crippen molar-refractivity contribution >= 4 is 16.6 Å². The fourth-order valence-corrected chi connectivity index (χ4v) is 5.63. The quantitative estimate of drug-likeness (QED) is 0.431. The number of aromatic amines is 1. The minimum absolute atomic E-state index is 0.00505. The number of benzene rings is 1. The molecule has 0 saturated carbocycles. The van der Waals surface area contributed by atoms with Gasteiger partial charge in [-0.3, -0.25) is 20.0 Å². The van der Waals surface area contributed by atoms with Crippen LogP contribution < -0.4 is 15.8 Å². The number of likely N-dealkylation sites (tertiary alicyclic amines) is 1. The number of aliphatic hydroxyl groups excluding tert-OH is 1. The summed E-state index contributed by atoms with van der Waals surface area (Å²) in [6.45, 7) is 2.70. The van der Waals surface area contributed by atoms with Crippen LogP contribution in [0.3, 0.4) is 0 Å². The number of anilines is 1. The first kappa shape index (κ1) is 24.7. The first-order chi connectivity index (χ1) is 17.4. The zero-order valence-electron chi connectivity index (χ0n) is 20.4. The molecule has 2 atom stereocenters. The highest BCUT2D eigenvalue weighted by Crippen LogP contribution is 2.30. The molecule has 0 amide bonds. The summed E-state index contributed by atoms with van der Waals surface area (Å²) in [4.78, 5) is 28.6. The van der Waals surface area contributed by atoms with Gasteiger partial charge in [-0.25, -0.2) is 13.8 Å². The molecule has 0 bridgehead atoms. The normalized spacial score (nSPS) is 20.3. The summed E-state index contributed by atoms with van der Waals surface area (Å²) in [5.41, 5.74) is 0.961. The number of hydrogen-bond acceptors (Lipinski definition) is 7. The zero-order chi connectivity index (χ0) is 25.2. The molecule has 1 aromatic carbocycles. The molecule has 3 aromatic rings. The lowest BCUT2D eigenvalue weighted by Gasteiger charge is -2.40. The van der Waals surface area contributed by atoms with Gasteiger partial charge in [-0.15, -0.1) is 0 Å². The Hall–Kier alpha value is -2.95. The van der Waals surface area contributed by atoms with Gasteiger partial charge in [-0.05, 0) is 63.9 Å². The topological polar surface area (TPSA) is 97.4 Å². The largest absolute Gasteiger partial charge is 0.373 e. The molecule has 2 aromatic heterocycles. The summed E-state index contributed by atoms with van der Waals surface area (Å²) in [5, 5.41) is 12.7. The number of pyridine rings is 1. The maximum atomic E-state index is 14.4. The molecule has 0 aliphatic carbocycles. The third-order valence-electron chi connectivity index (χ3n) is 7.54. The fourth-order valence-electron chi connectivity index (χ4n) is 5.63. The van der Waals surface area contributed by atoms with E-state index in [9.17, 15) is 18.7 Å². The Morgan fingerprint density at radius 2 is 2.00 bits per heavy atom. The highest BCUT2D eigenvalue weighted by Gasteiger charge is 2.33. The van der Waals surface area contributed by atoms with Crippen LogP contribution in [0.4, 0.5) is 14.5 Å². The Morgan fingerprint density at radius 1 is 1.19 bits per heavy atom. The predicted molar refractivity (Wildman–Crippen MR) is 134 cm³/mol. The van der Waals surface area contributed by atoms with E-state index in [1.165, 1.54) is 18.2 Å². The number of nitrogens with one attached hydrogen (secondary N) is 2. The summed E-state index contributed by atoms with van der Waals surface area (Å²) in [6.07, 6.45) is 6.31. The molecule has 0 spiro atoms. The fraction of sp³-hybridized carbons (Fsp3) is 0.500. The molecule has 10 heteroatoms. The number of fused-ring (bicyclic) bond motifs is 1. The summed E-state index contributed by atoms with van der Waals surface area (Å²) >= 11 is 0. The van der Waals surface area contributed by atoms with E-state index in [4.69, 9.17) is 0 Å². The summed E-state index contributed by atoms with van der Waals surface area (Å²) in [5.74, 6) is -0.315. The van der Waals surface area contributed by atoms with Gasteiger partial charge < -0.3 is 15.0 Å². The number of nitrogens with zero attached hydrogens (tertiary/aromatic N) is 4. The van der Waals surface area contributed by atoms with Crippen LogP contribution in [0.25, 0.3) is 10.9 Å². The van der Waals surface area contributed by atoms with Crippen molar-refractivity contribution in [2.75, 3.05) is 31.6 Å². The zero-order valence-corrected chi connectivity index (χ0v) is 20.4. The Kier molecular flexibility index (Phi) is 7.27.